The molecule has 0 aliphatic carbocycles. The second kappa shape index (κ2) is 6.89. The first-order valence-corrected chi connectivity index (χ1v) is 9.66. The Morgan fingerprint density at radius 1 is 1.12 bits per heavy atom. The highest BCUT2D eigenvalue weighted by Gasteiger charge is 2.16. The van der Waals surface area contributed by atoms with Crippen molar-refractivity contribution in [3.05, 3.63) is 60.2 Å². The van der Waals surface area contributed by atoms with E-state index in [1.807, 2.05) is 6.07 Å². The molecule has 0 amide bonds. The number of hydrogen-bond donors (Lipinski definition) is 1. The van der Waals surface area contributed by atoms with Crippen molar-refractivity contribution >= 4 is 33.5 Å². The Morgan fingerprint density at radius 2 is 1.92 bits per heavy atom. The highest BCUT2D eigenvalue weighted by Crippen LogP contribution is 2.26. The van der Waals surface area contributed by atoms with Gasteiger partial charge < -0.3 is 5.32 Å². The Morgan fingerprint density at radius 3 is 2.68 bits per heavy atom. The average molecular weight is 347 g/mol. The minimum atomic E-state index is 0.455. The van der Waals surface area contributed by atoms with Gasteiger partial charge in [-0.3, -0.25) is 4.99 Å². The van der Waals surface area contributed by atoms with E-state index >= 15 is 0 Å². The van der Waals surface area contributed by atoms with Crippen LogP contribution in [0.15, 0.2) is 59.6 Å². The standard InChI is InChI=1S/C21H21N3S/c1-3-16-13-25-21(22-16)23-17-10-8-15(9-11-17)20-12-14(2)18-6-4-5-7-19(18)24-20/h4-12,16H,3,13H2,1-2H3,(H,22,23). The number of rotatable bonds is 3. The predicted molar refractivity (Wildman–Crippen MR) is 110 cm³/mol. The van der Waals surface area contributed by atoms with E-state index in [0.29, 0.717) is 6.04 Å². The SMILES string of the molecule is CCC1CSC(Nc2ccc(-c3cc(C)c4ccccc4n3)cc2)=N1. The molecule has 126 valence electrons. The molecule has 25 heavy (non-hydrogen) atoms. The van der Waals surface area contributed by atoms with Crippen molar-refractivity contribution in [2.75, 3.05) is 11.1 Å². The highest BCUT2D eigenvalue weighted by molar-refractivity contribution is 8.14. The molecule has 1 aromatic heterocycles. The number of aryl methyl sites for hydroxylation is 1. The lowest BCUT2D eigenvalue weighted by Crippen LogP contribution is -2.05. The first kappa shape index (κ1) is 16.2. The quantitative estimate of drug-likeness (QED) is 0.679. The molecule has 2 heterocycles. The second-order valence-electron chi connectivity index (χ2n) is 6.35. The molecule has 3 aromatic rings. The van der Waals surface area contributed by atoms with Crippen LogP contribution in [0.1, 0.15) is 18.9 Å². The van der Waals surface area contributed by atoms with Crippen molar-refractivity contribution in [3.63, 3.8) is 0 Å². The van der Waals surface area contributed by atoms with Crippen LogP contribution >= 0.6 is 11.8 Å². The van der Waals surface area contributed by atoms with Crippen LogP contribution in [0.3, 0.4) is 0 Å². The number of hydrogen-bond acceptors (Lipinski definition) is 4. The van der Waals surface area contributed by atoms with Gasteiger partial charge in [0, 0.05) is 22.4 Å². The van der Waals surface area contributed by atoms with Crippen LogP contribution in [-0.4, -0.2) is 21.9 Å². The largest absolute Gasteiger partial charge is 0.335 e. The summed E-state index contributed by atoms with van der Waals surface area (Å²) < 4.78 is 0. The molecule has 1 atom stereocenters. The number of fused-ring (bicyclic) bond motifs is 1. The Labute approximate surface area is 152 Å². The van der Waals surface area contributed by atoms with E-state index in [1.54, 1.807) is 11.8 Å². The Hall–Kier alpha value is -2.33. The molecule has 0 radical (unpaired) electrons. The summed E-state index contributed by atoms with van der Waals surface area (Å²) in [6, 6.07) is 19.4. The number of para-hydroxylation sites is 1. The Bertz CT molecular complexity index is 932. The molecular formula is C21H21N3S. The third-order valence-corrected chi connectivity index (χ3v) is 5.57. The lowest BCUT2D eigenvalue weighted by molar-refractivity contribution is 0.738. The van der Waals surface area contributed by atoms with Crippen LogP contribution in [0.2, 0.25) is 0 Å². The molecule has 0 saturated carbocycles. The van der Waals surface area contributed by atoms with Gasteiger partial charge in [0.2, 0.25) is 0 Å². The van der Waals surface area contributed by atoms with Crippen LogP contribution in [0.4, 0.5) is 5.69 Å². The number of aliphatic imine (C=N–C) groups is 1. The number of anilines is 1. The molecule has 3 nitrogen and oxygen atoms in total. The smallest absolute Gasteiger partial charge is 0.161 e. The van der Waals surface area contributed by atoms with Gasteiger partial charge in [0.15, 0.2) is 5.17 Å². The van der Waals surface area contributed by atoms with Crippen molar-refractivity contribution in [2.45, 2.75) is 26.3 Å². The zero-order chi connectivity index (χ0) is 17.2. The van der Waals surface area contributed by atoms with Gasteiger partial charge >= 0.3 is 0 Å². The fourth-order valence-electron chi connectivity index (χ4n) is 3.04. The van der Waals surface area contributed by atoms with Gasteiger partial charge in [0.05, 0.1) is 17.3 Å². The molecule has 0 bridgehead atoms. The summed E-state index contributed by atoms with van der Waals surface area (Å²) in [7, 11) is 0. The molecule has 4 rings (SSSR count). The average Bonchev–Trinajstić information content (AvgIpc) is 3.10. The minimum Gasteiger partial charge on any atom is -0.335 e. The van der Waals surface area contributed by atoms with E-state index in [0.717, 1.165) is 39.8 Å². The zero-order valence-corrected chi connectivity index (χ0v) is 15.3. The van der Waals surface area contributed by atoms with E-state index in [-0.39, 0.29) is 0 Å². The van der Waals surface area contributed by atoms with E-state index in [9.17, 15) is 0 Å². The van der Waals surface area contributed by atoms with E-state index < -0.39 is 0 Å². The summed E-state index contributed by atoms with van der Waals surface area (Å²) in [5, 5.41) is 5.66. The molecule has 0 saturated heterocycles. The third kappa shape index (κ3) is 3.40. The van der Waals surface area contributed by atoms with E-state index in [4.69, 9.17) is 4.98 Å². The lowest BCUT2D eigenvalue weighted by Gasteiger charge is -2.09. The van der Waals surface area contributed by atoms with Crippen molar-refractivity contribution in [3.8, 4) is 11.3 Å². The van der Waals surface area contributed by atoms with Gasteiger partial charge in [0.1, 0.15) is 0 Å². The van der Waals surface area contributed by atoms with Crippen LogP contribution in [0.5, 0.6) is 0 Å². The summed E-state index contributed by atoms with van der Waals surface area (Å²) in [6.07, 6.45) is 1.10. The number of benzene rings is 2. The normalized spacial score (nSPS) is 16.9. The molecule has 4 heteroatoms. The van der Waals surface area contributed by atoms with Gasteiger partial charge in [-0.15, -0.1) is 0 Å². The van der Waals surface area contributed by atoms with Crippen LogP contribution in [0, 0.1) is 6.92 Å². The number of aromatic nitrogens is 1. The topological polar surface area (TPSA) is 37.3 Å². The van der Waals surface area contributed by atoms with Gasteiger partial charge in [-0.25, -0.2) is 4.98 Å². The first-order valence-electron chi connectivity index (χ1n) is 8.67. The van der Waals surface area contributed by atoms with Crippen LogP contribution < -0.4 is 5.32 Å². The van der Waals surface area contributed by atoms with Gasteiger partial charge in [-0.05, 0) is 43.2 Å². The molecule has 2 aromatic carbocycles. The van der Waals surface area contributed by atoms with Crippen LogP contribution in [0.25, 0.3) is 22.2 Å². The molecular weight excluding hydrogens is 326 g/mol. The number of pyridine rings is 1. The number of nitrogens with one attached hydrogen (secondary N) is 1. The van der Waals surface area contributed by atoms with E-state index in [1.165, 1.54) is 10.9 Å². The number of nitrogens with zero attached hydrogens (tertiary/aromatic N) is 2. The number of amidine groups is 1. The van der Waals surface area contributed by atoms with Gasteiger partial charge in [-0.2, -0.15) is 0 Å². The maximum atomic E-state index is 4.81. The minimum absolute atomic E-state index is 0.455. The van der Waals surface area contributed by atoms with Crippen molar-refractivity contribution in [1.29, 1.82) is 0 Å². The van der Waals surface area contributed by atoms with Crippen molar-refractivity contribution in [2.24, 2.45) is 4.99 Å². The summed E-state index contributed by atoms with van der Waals surface area (Å²) in [4.78, 5) is 9.50. The predicted octanol–water partition coefficient (Wildman–Crippen LogP) is 5.50. The van der Waals surface area contributed by atoms with Crippen molar-refractivity contribution < 1.29 is 0 Å². The number of thioether (sulfide) groups is 1. The molecule has 1 aliphatic heterocycles. The Balaban J connectivity index is 1.58. The van der Waals surface area contributed by atoms with Crippen molar-refractivity contribution in [1.82, 2.24) is 4.98 Å². The molecule has 1 N–H and O–H groups in total. The Kier molecular flexibility index (Phi) is 4.45. The lowest BCUT2D eigenvalue weighted by atomic mass is 10.0. The summed E-state index contributed by atoms with van der Waals surface area (Å²) in [6.45, 7) is 4.33. The molecule has 0 spiro atoms. The zero-order valence-electron chi connectivity index (χ0n) is 14.5. The fraction of sp³-hybridized carbons (Fsp3) is 0.238. The second-order valence-corrected chi connectivity index (χ2v) is 7.36. The summed E-state index contributed by atoms with van der Waals surface area (Å²) in [5.74, 6) is 1.08. The maximum absolute atomic E-state index is 4.81. The van der Waals surface area contributed by atoms with Crippen LogP contribution in [-0.2, 0) is 0 Å². The maximum Gasteiger partial charge on any atom is 0.161 e. The van der Waals surface area contributed by atoms with Gasteiger partial charge in [0.25, 0.3) is 0 Å². The first-order chi connectivity index (χ1) is 12.2. The summed E-state index contributed by atoms with van der Waals surface area (Å²) >= 11 is 1.80. The molecule has 1 unspecified atom stereocenters. The fourth-order valence-corrected chi connectivity index (χ4v) is 4.11. The summed E-state index contributed by atoms with van der Waals surface area (Å²) in [5.41, 5.74) is 5.52. The molecule has 0 fully saturated rings. The third-order valence-electron chi connectivity index (χ3n) is 4.54. The monoisotopic (exact) mass is 347 g/mol. The highest BCUT2D eigenvalue weighted by atomic mass is 32.2. The van der Waals surface area contributed by atoms with E-state index in [2.05, 4.69) is 72.7 Å². The van der Waals surface area contributed by atoms with Gasteiger partial charge in [-0.1, -0.05) is 49.0 Å². The molecule has 1 aliphatic rings.